The van der Waals surface area contributed by atoms with Crippen molar-refractivity contribution in [2.75, 3.05) is 12.8 Å². The zero-order valence-corrected chi connectivity index (χ0v) is 11.0. The summed E-state index contributed by atoms with van der Waals surface area (Å²) in [5.41, 5.74) is 0. The van der Waals surface area contributed by atoms with Crippen LogP contribution >= 0.6 is 11.8 Å². The minimum Gasteiger partial charge on any atom is -0.481 e. The second-order valence-corrected chi connectivity index (χ2v) is 5.80. The normalized spacial score (nSPS) is 13.0. The van der Waals surface area contributed by atoms with Crippen LogP contribution in [0.1, 0.15) is 27.2 Å². The van der Waals surface area contributed by atoms with Gasteiger partial charge in [0.15, 0.2) is 0 Å². The number of carbonyl (C=O) groups is 2. The minimum absolute atomic E-state index is 0.0205. The van der Waals surface area contributed by atoms with Crippen molar-refractivity contribution in [1.82, 2.24) is 10.6 Å². The summed E-state index contributed by atoms with van der Waals surface area (Å²) < 4.78 is -0.0205. The molecule has 0 aromatic rings. The van der Waals surface area contributed by atoms with E-state index in [4.69, 9.17) is 5.11 Å². The van der Waals surface area contributed by atoms with Gasteiger partial charge >= 0.3 is 12.0 Å². The number of carboxylic acids is 1. The number of amides is 2. The van der Waals surface area contributed by atoms with E-state index < -0.39 is 5.97 Å². The average Bonchev–Trinajstić information content (AvgIpc) is 2.13. The molecule has 0 spiro atoms. The molecule has 0 bridgehead atoms. The van der Waals surface area contributed by atoms with Gasteiger partial charge in [-0.3, -0.25) is 4.79 Å². The number of rotatable bonds is 6. The van der Waals surface area contributed by atoms with E-state index in [2.05, 4.69) is 10.6 Å². The SMILES string of the molecule is CSC(C)(C)CNC(=O)NC(C)CC(=O)O. The van der Waals surface area contributed by atoms with Gasteiger partial charge in [0.2, 0.25) is 0 Å². The van der Waals surface area contributed by atoms with E-state index in [9.17, 15) is 9.59 Å². The van der Waals surface area contributed by atoms with Gasteiger partial charge in [-0.2, -0.15) is 11.8 Å². The Morgan fingerprint density at radius 3 is 2.44 bits per heavy atom. The van der Waals surface area contributed by atoms with Crippen molar-refractivity contribution in [2.45, 2.75) is 38.0 Å². The van der Waals surface area contributed by atoms with Gasteiger partial charge < -0.3 is 15.7 Å². The molecule has 5 nitrogen and oxygen atoms in total. The molecule has 0 heterocycles. The van der Waals surface area contributed by atoms with Crippen LogP contribution in [0, 0.1) is 0 Å². The first-order valence-electron chi connectivity index (χ1n) is 5.08. The molecule has 1 unspecified atom stereocenters. The predicted octanol–water partition coefficient (Wildman–Crippen LogP) is 1.29. The first kappa shape index (κ1) is 15.1. The number of nitrogens with one attached hydrogen (secondary N) is 2. The maximum atomic E-state index is 11.4. The Kier molecular flexibility index (Phi) is 6.25. The van der Waals surface area contributed by atoms with Gasteiger partial charge in [0.25, 0.3) is 0 Å². The quantitative estimate of drug-likeness (QED) is 0.662. The monoisotopic (exact) mass is 248 g/mol. The summed E-state index contributed by atoms with van der Waals surface area (Å²) in [5.74, 6) is -0.919. The molecule has 0 saturated heterocycles. The van der Waals surface area contributed by atoms with Crippen molar-refractivity contribution >= 4 is 23.8 Å². The Balaban J connectivity index is 3.87. The molecule has 16 heavy (non-hydrogen) atoms. The highest BCUT2D eigenvalue weighted by molar-refractivity contribution is 7.99. The second-order valence-electron chi connectivity index (χ2n) is 4.29. The van der Waals surface area contributed by atoms with Crippen molar-refractivity contribution in [1.29, 1.82) is 0 Å². The smallest absolute Gasteiger partial charge is 0.315 e. The fourth-order valence-corrected chi connectivity index (χ4v) is 1.17. The summed E-state index contributed by atoms with van der Waals surface area (Å²) in [7, 11) is 0. The van der Waals surface area contributed by atoms with Gasteiger partial charge in [-0.25, -0.2) is 4.79 Å². The summed E-state index contributed by atoms with van der Waals surface area (Å²) >= 11 is 1.66. The Bertz CT molecular complexity index is 256. The third kappa shape index (κ3) is 7.39. The van der Waals surface area contributed by atoms with E-state index in [1.807, 2.05) is 20.1 Å². The largest absolute Gasteiger partial charge is 0.481 e. The molecule has 0 aliphatic heterocycles. The van der Waals surface area contributed by atoms with Crippen LogP contribution in [0.25, 0.3) is 0 Å². The van der Waals surface area contributed by atoms with E-state index in [0.29, 0.717) is 6.54 Å². The van der Waals surface area contributed by atoms with E-state index in [1.165, 1.54) is 0 Å². The van der Waals surface area contributed by atoms with E-state index in [0.717, 1.165) is 0 Å². The van der Waals surface area contributed by atoms with Gasteiger partial charge in [-0.15, -0.1) is 0 Å². The Morgan fingerprint density at radius 2 is 2.00 bits per heavy atom. The minimum atomic E-state index is -0.919. The Morgan fingerprint density at radius 1 is 1.44 bits per heavy atom. The van der Waals surface area contributed by atoms with Crippen molar-refractivity contribution in [3.05, 3.63) is 0 Å². The van der Waals surface area contributed by atoms with Crippen LogP contribution < -0.4 is 10.6 Å². The summed E-state index contributed by atoms with van der Waals surface area (Å²) in [6, 6.07) is -0.689. The molecule has 6 heteroatoms. The van der Waals surface area contributed by atoms with Crippen LogP contribution in [0.3, 0.4) is 0 Å². The van der Waals surface area contributed by atoms with Crippen molar-refractivity contribution in [3.63, 3.8) is 0 Å². The lowest BCUT2D eigenvalue weighted by Gasteiger charge is -2.23. The number of hydrogen-bond donors (Lipinski definition) is 3. The highest BCUT2D eigenvalue weighted by Crippen LogP contribution is 2.19. The molecule has 0 aliphatic carbocycles. The second kappa shape index (κ2) is 6.62. The average molecular weight is 248 g/mol. The predicted molar refractivity (Wildman–Crippen MR) is 65.8 cm³/mol. The summed E-state index contributed by atoms with van der Waals surface area (Å²) in [4.78, 5) is 21.8. The van der Waals surface area contributed by atoms with Gasteiger partial charge in [-0.05, 0) is 27.0 Å². The number of carbonyl (C=O) groups excluding carboxylic acids is 1. The number of thioether (sulfide) groups is 1. The first-order valence-corrected chi connectivity index (χ1v) is 6.30. The van der Waals surface area contributed by atoms with Crippen molar-refractivity contribution in [3.8, 4) is 0 Å². The zero-order valence-electron chi connectivity index (χ0n) is 10.2. The molecule has 0 fully saturated rings. The maximum Gasteiger partial charge on any atom is 0.315 e. The number of carboxylic acid groups (broad SMARTS) is 1. The van der Waals surface area contributed by atoms with Crippen LogP contribution in [-0.4, -0.2) is 40.7 Å². The molecule has 3 N–H and O–H groups in total. The molecule has 1 atom stereocenters. The van der Waals surface area contributed by atoms with Gasteiger partial charge in [-0.1, -0.05) is 0 Å². The van der Waals surface area contributed by atoms with Gasteiger partial charge in [0.1, 0.15) is 0 Å². The number of hydrogen-bond acceptors (Lipinski definition) is 3. The zero-order chi connectivity index (χ0) is 12.8. The molecule has 0 saturated carbocycles. The molecule has 2 amide bonds. The Labute approximate surface area is 100 Å². The standard InChI is InChI=1S/C10H20N2O3S/c1-7(5-8(13)14)12-9(15)11-6-10(2,3)16-4/h7H,5-6H2,1-4H3,(H,13,14)(H2,11,12,15). The van der Waals surface area contributed by atoms with E-state index >= 15 is 0 Å². The summed E-state index contributed by atoms with van der Waals surface area (Å²) in [6.45, 7) is 6.25. The molecule has 0 radical (unpaired) electrons. The van der Waals surface area contributed by atoms with Crippen LogP contribution in [0.5, 0.6) is 0 Å². The van der Waals surface area contributed by atoms with Crippen molar-refractivity contribution in [2.24, 2.45) is 0 Å². The highest BCUT2D eigenvalue weighted by atomic mass is 32.2. The highest BCUT2D eigenvalue weighted by Gasteiger charge is 2.17. The maximum absolute atomic E-state index is 11.4. The summed E-state index contributed by atoms with van der Waals surface area (Å²) in [6.07, 6.45) is 1.91. The topological polar surface area (TPSA) is 78.4 Å². The third-order valence-electron chi connectivity index (χ3n) is 2.09. The van der Waals surface area contributed by atoms with Crippen LogP contribution in [0.2, 0.25) is 0 Å². The number of urea groups is 1. The summed E-state index contributed by atoms with van der Waals surface area (Å²) in [5, 5.41) is 13.8. The molecular formula is C10H20N2O3S. The molecule has 0 rings (SSSR count). The molecule has 0 aromatic heterocycles. The van der Waals surface area contributed by atoms with E-state index in [-0.39, 0.29) is 23.2 Å². The molecular weight excluding hydrogens is 228 g/mol. The lowest BCUT2D eigenvalue weighted by molar-refractivity contribution is -0.137. The fourth-order valence-electron chi connectivity index (χ4n) is 0.953. The van der Waals surface area contributed by atoms with Crippen LogP contribution in [-0.2, 0) is 4.79 Å². The molecule has 0 aliphatic rings. The number of aliphatic carboxylic acids is 1. The van der Waals surface area contributed by atoms with Crippen LogP contribution in [0.4, 0.5) is 4.79 Å². The van der Waals surface area contributed by atoms with Crippen molar-refractivity contribution < 1.29 is 14.7 Å². The lowest BCUT2D eigenvalue weighted by atomic mass is 10.2. The molecule has 0 aromatic carbocycles. The van der Waals surface area contributed by atoms with E-state index in [1.54, 1.807) is 18.7 Å². The lowest BCUT2D eigenvalue weighted by Crippen LogP contribution is -2.45. The van der Waals surface area contributed by atoms with Crippen LogP contribution in [0.15, 0.2) is 0 Å². The first-order chi connectivity index (χ1) is 7.26. The third-order valence-corrected chi connectivity index (χ3v) is 3.34. The molecule has 94 valence electrons. The van der Waals surface area contributed by atoms with Gasteiger partial charge in [0.05, 0.1) is 6.42 Å². The Hall–Kier alpha value is -0.910. The fraction of sp³-hybridized carbons (Fsp3) is 0.800. The van der Waals surface area contributed by atoms with Gasteiger partial charge in [0, 0.05) is 17.3 Å².